The van der Waals surface area contributed by atoms with Crippen LogP contribution in [0.3, 0.4) is 0 Å². The lowest BCUT2D eigenvalue weighted by molar-refractivity contribution is -0.142. The minimum absolute atomic E-state index is 0.00272. The van der Waals surface area contributed by atoms with Gasteiger partial charge in [-0.1, -0.05) is 23.2 Å². The lowest BCUT2D eigenvalue weighted by atomic mass is 10.1. The topological polar surface area (TPSA) is 193 Å². The number of carbonyl (C=O) groups excluding carboxylic acids is 1. The number of nitrogens with one attached hydrogen (secondary N) is 2. The smallest absolute Gasteiger partial charge is 0.435 e. The SMILES string of the molecule is COc1ncc(-c2cnc(Nc3ccc(F)c(Cl)c3)nc2-n2ccc(C(F)(F)F)n2)cc1C=O.COc1ncc(-c2cnc(Nc3ccc(F)c(Cl)c3)nc2-n2ccc(C(F)(F)F)n2)cc1CO. The number of ether oxygens (including phenoxy) is 2. The molecular formula is C42H28Cl2F8N12O4. The van der Waals surface area contributed by atoms with Gasteiger partial charge in [0, 0.05) is 76.4 Å². The number of hydrogen-bond donors (Lipinski definition) is 3. The second kappa shape index (κ2) is 20.0. The van der Waals surface area contributed by atoms with E-state index in [0.717, 1.165) is 46.0 Å². The van der Waals surface area contributed by atoms with Gasteiger partial charge >= 0.3 is 12.4 Å². The Morgan fingerprint density at radius 2 is 1.10 bits per heavy atom. The highest BCUT2D eigenvalue weighted by Gasteiger charge is 2.35. The van der Waals surface area contributed by atoms with E-state index >= 15 is 0 Å². The summed E-state index contributed by atoms with van der Waals surface area (Å²) in [5.74, 6) is -1.05. The van der Waals surface area contributed by atoms with Gasteiger partial charge < -0.3 is 25.2 Å². The van der Waals surface area contributed by atoms with Crippen LogP contribution in [0.4, 0.5) is 58.4 Å². The van der Waals surface area contributed by atoms with Gasteiger partial charge in [-0.05, 0) is 60.7 Å². The highest BCUT2D eigenvalue weighted by Crippen LogP contribution is 2.34. The molecule has 16 nitrogen and oxygen atoms in total. The predicted molar refractivity (Wildman–Crippen MR) is 229 cm³/mol. The Kier molecular flexibility index (Phi) is 14.1. The third-order valence-corrected chi connectivity index (χ3v) is 9.77. The third kappa shape index (κ3) is 10.9. The first-order chi connectivity index (χ1) is 32.4. The molecule has 0 amide bonds. The zero-order valence-electron chi connectivity index (χ0n) is 34.4. The maximum absolute atomic E-state index is 13.5. The lowest BCUT2D eigenvalue weighted by Gasteiger charge is -2.13. The van der Waals surface area contributed by atoms with E-state index in [-0.39, 0.29) is 68.6 Å². The number of rotatable bonds is 12. The molecule has 0 atom stereocenters. The molecule has 2 aromatic carbocycles. The number of aromatic nitrogens is 10. The molecule has 0 saturated carbocycles. The quantitative estimate of drug-likeness (QED) is 0.0774. The highest BCUT2D eigenvalue weighted by atomic mass is 35.5. The second-order valence-corrected chi connectivity index (χ2v) is 14.5. The number of halogens is 10. The summed E-state index contributed by atoms with van der Waals surface area (Å²) in [7, 11) is 2.73. The van der Waals surface area contributed by atoms with Gasteiger partial charge in [0.05, 0.1) is 36.4 Å². The van der Waals surface area contributed by atoms with Crippen LogP contribution < -0.4 is 20.1 Å². The summed E-state index contributed by atoms with van der Waals surface area (Å²) >= 11 is 11.6. The Labute approximate surface area is 387 Å². The molecule has 0 radical (unpaired) electrons. The minimum Gasteiger partial charge on any atom is -0.481 e. The summed E-state index contributed by atoms with van der Waals surface area (Å²) in [5, 5.41) is 22.1. The van der Waals surface area contributed by atoms with Crippen molar-refractivity contribution >= 4 is 52.8 Å². The van der Waals surface area contributed by atoms with E-state index in [0.29, 0.717) is 34.4 Å². The van der Waals surface area contributed by atoms with Crippen LogP contribution in [0.1, 0.15) is 27.3 Å². The fourth-order valence-electron chi connectivity index (χ4n) is 6.03. The van der Waals surface area contributed by atoms with E-state index in [1.165, 1.54) is 69.3 Å². The van der Waals surface area contributed by atoms with Crippen molar-refractivity contribution in [2.75, 3.05) is 24.9 Å². The summed E-state index contributed by atoms with van der Waals surface area (Å²) in [6.45, 7) is -0.384. The molecule has 6 heterocycles. The molecule has 0 aliphatic carbocycles. The van der Waals surface area contributed by atoms with Gasteiger partial charge in [0.25, 0.3) is 0 Å². The van der Waals surface area contributed by atoms with Gasteiger partial charge in [-0.25, -0.2) is 38.1 Å². The molecule has 0 aliphatic rings. The molecule has 26 heteroatoms. The molecule has 0 aliphatic heterocycles. The monoisotopic (exact) mass is 986 g/mol. The molecule has 0 fully saturated rings. The van der Waals surface area contributed by atoms with Gasteiger partial charge in [-0.3, -0.25) is 4.79 Å². The van der Waals surface area contributed by atoms with Gasteiger partial charge in [-0.2, -0.15) is 46.5 Å². The molecular weight excluding hydrogens is 959 g/mol. The number of nitrogens with zero attached hydrogens (tertiary/aromatic N) is 10. The number of alkyl halides is 6. The van der Waals surface area contributed by atoms with Gasteiger partial charge in [0.2, 0.25) is 23.7 Å². The second-order valence-electron chi connectivity index (χ2n) is 13.6. The van der Waals surface area contributed by atoms with Crippen LogP contribution in [-0.4, -0.2) is 75.1 Å². The Morgan fingerprint density at radius 1 is 0.647 bits per heavy atom. The molecule has 0 bridgehead atoms. The molecule has 68 heavy (non-hydrogen) atoms. The Bertz CT molecular complexity index is 3130. The number of anilines is 4. The van der Waals surface area contributed by atoms with Gasteiger partial charge in [0.1, 0.15) is 11.6 Å². The van der Waals surface area contributed by atoms with Crippen LogP contribution in [0.25, 0.3) is 33.9 Å². The largest absolute Gasteiger partial charge is 0.481 e. The molecule has 3 N–H and O–H groups in total. The number of pyridine rings is 2. The first-order valence-corrected chi connectivity index (χ1v) is 19.7. The molecule has 0 spiro atoms. The molecule has 8 rings (SSSR count). The number of hydrogen-bond acceptors (Lipinski definition) is 14. The van der Waals surface area contributed by atoms with E-state index in [1.54, 1.807) is 6.07 Å². The van der Waals surface area contributed by atoms with Crippen LogP contribution in [0, 0.1) is 11.6 Å². The van der Waals surface area contributed by atoms with E-state index in [2.05, 4.69) is 50.7 Å². The molecule has 0 saturated heterocycles. The molecule has 6 aromatic heterocycles. The standard InChI is InChI=1S/C21H15ClF4N6O2.C21H13ClF4N6O2/c2*1-34-19-12(10-33)6-11(8-27-19)14-9-28-20(29-13-2-3-16(23)15(22)7-13)30-18(14)32-5-4-17(31-32)21(24,25)26/h2-9,33H,10H2,1H3,(H,28,29,30);2-10H,1H3,(H,28,29,30). The first kappa shape index (κ1) is 48.1. The Hall–Kier alpha value is -7.83. The normalized spacial score (nSPS) is 11.4. The van der Waals surface area contributed by atoms with Crippen LogP contribution in [0.5, 0.6) is 11.8 Å². The zero-order valence-corrected chi connectivity index (χ0v) is 36.0. The van der Waals surface area contributed by atoms with Gasteiger partial charge in [0.15, 0.2) is 29.3 Å². The van der Waals surface area contributed by atoms with Crippen molar-refractivity contribution in [2.24, 2.45) is 0 Å². The number of aliphatic hydroxyl groups is 1. The maximum atomic E-state index is 13.5. The Morgan fingerprint density at radius 3 is 1.50 bits per heavy atom. The van der Waals surface area contributed by atoms with Crippen LogP contribution in [0.15, 0.2) is 97.8 Å². The van der Waals surface area contributed by atoms with Crippen molar-refractivity contribution < 1.29 is 54.5 Å². The van der Waals surface area contributed by atoms with E-state index in [9.17, 15) is 45.0 Å². The van der Waals surface area contributed by atoms with E-state index in [1.807, 2.05) is 0 Å². The van der Waals surface area contributed by atoms with Crippen LogP contribution in [-0.2, 0) is 19.0 Å². The van der Waals surface area contributed by atoms with E-state index in [4.69, 9.17) is 32.7 Å². The number of benzene rings is 2. The number of carbonyl (C=O) groups is 1. The third-order valence-electron chi connectivity index (χ3n) is 9.19. The fourth-order valence-corrected chi connectivity index (χ4v) is 6.39. The Balaban J connectivity index is 0.000000201. The average molecular weight is 988 g/mol. The van der Waals surface area contributed by atoms with Crippen molar-refractivity contribution in [1.29, 1.82) is 0 Å². The van der Waals surface area contributed by atoms with E-state index < -0.39 is 35.4 Å². The molecule has 8 aromatic rings. The number of aliphatic hydroxyl groups excluding tert-OH is 1. The number of methoxy groups -OCH3 is 2. The minimum atomic E-state index is -4.67. The fraction of sp³-hybridized carbons (Fsp3) is 0.119. The molecule has 0 unspecified atom stereocenters. The summed E-state index contributed by atoms with van der Waals surface area (Å²) in [4.78, 5) is 36.5. The summed E-state index contributed by atoms with van der Waals surface area (Å²) in [5.41, 5.74) is 0.182. The van der Waals surface area contributed by atoms with Crippen molar-refractivity contribution in [3.63, 3.8) is 0 Å². The summed E-state index contributed by atoms with van der Waals surface area (Å²) in [6, 6.07) is 12.3. The zero-order chi connectivity index (χ0) is 48.9. The number of aldehydes is 1. The maximum Gasteiger partial charge on any atom is 0.435 e. The predicted octanol–water partition coefficient (Wildman–Crippen LogP) is 9.88. The summed E-state index contributed by atoms with van der Waals surface area (Å²) in [6.07, 6.45) is -1.16. The van der Waals surface area contributed by atoms with Gasteiger partial charge in [-0.15, -0.1) is 0 Å². The molecule has 350 valence electrons. The van der Waals surface area contributed by atoms with Crippen molar-refractivity contribution in [3.8, 4) is 45.6 Å². The average Bonchev–Trinajstić information content (AvgIpc) is 4.04. The van der Waals surface area contributed by atoms with Crippen LogP contribution >= 0.6 is 23.2 Å². The van der Waals surface area contributed by atoms with Crippen molar-refractivity contribution in [3.05, 3.63) is 142 Å². The van der Waals surface area contributed by atoms with Crippen molar-refractivity contribution in [2.45, 2.75) is 19.0 Å². The first-order valence-electron chi connectivity index (χ1n) is 19.0. The summed E-state index contributed by atoms with van der Waals surface area (Å²) < 4.78 is 118. The highest BCUT2D eigenvalue weighted by molar-refractivity contribution is 6.31. The lowest BCUT2D eigenvalue weighted by Crippen LogP contribution is -2.10. The van der Waals surface area contributed by atoms with Crippen LogP contribution in [0.2, 0.25) is 10.0 Å². The van der Waals surface area contributed by atoms with Crippen molar-refractivity contribution in [1.82, 2.24) is 49.5 Å².